The highest BCUT2D eigenvalue weighted by molar-refractivity contribution is 6.32. The maximum absolute atomic E-state index is 13.4. The van der Waals surface area contributed by atoms with E-state index in [0.717, 1.165) is 23.5 Å². The van der Waals surface area contributed by atoms with Gasteiger partial charge in [-0.15, -0.1) is 12.4 Å². The topological polar surface area (TPSA) is 59.0 Å². The molecule has 3 rings (SSSR count). The molecule has 0 heterocycles. The number of halogens is 5. The Morgan fingerprint density at radius 2 is 1.92 bits per heavy atom. The molecule has 0 spiro atoms. The molecule has 5 nitrogen and oxygen atoms in total. The predicted molar refractivity (Wildman–Crippen MR) is 149 cm³/mol. The first-order valence-electron chi connectivity index (χ1n) is 12.2. The van der Waals surface area contributed by atoms with E-state index in [-0.39, 0.29) is 29.9 Å². The van der Waals surface area contributed by atoms with Crippen molar-refractivity contribution in [3.8, 4) is 5.75 Å². The smallest absolute Gasteiger partial charge is 0.417 e. The second-order valence-electron chi connectivity index (χ2n) is 9.11. The van der Waals surface area contributed by atoms with Crippen LogP contribution in [0.15, 0.2) is 78.1 Å². The Morgan fingerprint density at radius 1 is 1.21 bits per heavy atom. The van der Waals surface area contributed by atoms with Gasteiger partial charge in [-0.05, 0) is 53.3 Å². The monoisotopic (exact) mass is 585 g/mol. The summed E-state index contributed by atoms with van der Waals surface area (Å²) < 4.78 is 51.3. The summed E-state index contributed by atoms with van der Waals surface area (Å²) in [5.41, 5.74) is 1.29. The molecule has 212 valence electrons. The van der Waals surface area contributed by atoms with Crippen molar-refractivity contribution in [2.75, 3.05) is 26.8 Å². The summed E-state index contributed by atoms with van der Waals surface area (Å²) >= 11 is 6.19. The molecule has 0 saturated carbocycles. The maximum Gasteiger partial charge on any atom is 0.417 e. The van der Waals surface area contributed by atoms with Crippen molar-refractivity contribution in [3.05, 3.63) is 99.8 Å². The van der Waals surface area contributed by atoms with Crippen LogP contribution in [0.25, 0.3) is 0 Å². The number of hydrogen-bond donors (Lipinski definition) is 1. The molecular weight excluding hydrogens is 554 g/mol. The van der Waals surface area contributed by atoms with Crippen molar-refractivity contribution in [3.63, 3.8) is 0 Å². The number of ether oxygens (including phenoxy) is 2. The molecule has 2 aromatic rings. The van der Waals surface area contributed by atoms with Gasteiger partial charge in [-0.2, -0.15) is 13.2 Å². The Hall–Kier alpha value is -2.94. The number of nitrogens with zero attached hydrogens (tertiary/aromatic N) is 1. The molecule has 0 aromatic heterocycles. The molecule has 1 aliphatic carbocycles. The molecule has 0 radical (unpaired) electrons. The Balaban J connectivity index is 0.00000533. The van der Waals surface area contributed by atoms with Crippen LogP contribution in [0.1, 0.15) is 42.4 Å². The van der Waals surface area contributed by atoms with Gasteiger partial charge < -0.3 is 14.6 Å². The zero-order valence-electron chi connectivity index (χ0n) is 21.7. The number of methoxy groups -OCH3 is 1. The summed E-state index contributed by atoms with van der Waals surface area (Å²) in [6.07, 6.45) is 2.89. The van der Waals surface area contributed by atoms with Gasteiger partial charge in [-0.1, -0.05) is 54.9 Å². The van der Waals surface area contributed by atoms with Crippen LogP contribution >= 0.6 is 24.0 Å². The number of hydrogen-bond acceptors (Lipinski definition) is 4. The highest BCUT2D eigenvalue weighted by Crippen LogP contribution is 2.36. The SMILES string of the molecule is COc1ccc(C(C)CN(CCCOC2=CC=CC(=CC(=O)O)C2)Cc2cccc(C(F)(F)F)c2Cl)cc1.Cl. The molecule has 2 aromatic carbocycles. The normalized spacial score (nSPS) is 15.1. The fourth-order valence-electron chi connectivity index (χ4n) is 4.27. The lowest BCUT2D eigenvalue weighted by Gasteiger charge is -2.27. The van der Waals surface area contributed by atoms with Crippen molar-refractivity contribution >= 4 is 30.0 Å². The third kappa shape index (κ3) is 9.95. The Kier molecular flexibility index (Phi) is 12.4. The third-order valence-electron chi connectivity index (χ3n) is 6.18. The average Bonchev–Trinajstić information content (AvgIpc) is 2.87. The van der Waals surface area contributed by atoms with E-state index in [4.69, 9.17) is 26.2 Å². The first kappa shape index (κ1) is 32.3. The quantitative estimate of drug-likeness (QED) is 0.205. The number of carbonyl (C=O) groups is 1. The molecule has 0 bridgehead atoms. The molecule has 0 amide bonds. The highest BCUT2D eigenvalue weighted by atomic mass is 35.5. The lowest BCUT2D eigenvalue weighted by molar-refractivity contribution is -0.137. The van der Waals surface area contributed by atoms with Gasteiger partial charge in [0.1, 0.15) is 11.5 Å². The molecule has 1 N–H and O–H groups in total. The average molecular weight is 586 g/mol. The van der Waals surface area contributed by atoms with E-state index in [2.05, 4.69) is 11.8 Å². The van der Waals surface area contributed by atoms with Crippen molar-refractivity contribution in [2.24, 2.45) is 0 Å². The van der Waals surface area contributed by atoms with Crippen LogP contribution in [0.4, 0.5) is 13.2 Å². The Bertz CT molecular complexity index is 1190. The lowest BCUT2D eigenvalue weighted by Crippen LogP contribution is -2.29. The van der Waals surface area contributed by atoms with Gasteiger partial charge in [-0.25, -0.2) is 4.79 Å². The molecular formula is C29H32Cl2F3NO4. The van der Waals surface area contributed by atoms with E-state index in [9.17, 15) is 18.0 Å². The second kappa shape index (κ2) is 15.0. The van der Waals surface area contributed by atoms with Gasteiger partial charge in [0.15, 0.2) is 0 Å². The van der Waals surface area contributed by atoms with Crippen LogP contribution in [-0.2, 0) is 22.3 Å². The van der Waals surface area contributed by atoms with Crippen LogP contribution in [0, 0.1) is 0 Å². The molecule has 0 fully saturated rings. The van der Waals surface area contributed by atoms with E-state index in [1.165, 1.54) is 6.07 Å². The number of allylic oxidation sites excluding steroid dienone is 4. The van der Waals surface area contributed by atoms with E-state index >= 15 is 0 Å². The fraction of sp³-hybridized carbons (Fsp3) is 0.345. The summed E-state index contributed by atoms with van der Waals surface area (Å²) in [5, 5.41) is 8.67. The summed E-state index contributed by atoms with van der Waals surface area (Å²) in [6.45, 7) is 3.85. The van der Waals surface area contributed by atoms with Gasteiger partial charge in [-0.3, -0.25) is 4.90 Å². The van der Waals surface area contributed by atoms with E-state index in [0.29, 0.717) is 49.4 Å². The first-order valence-corrected chi connectivity index (χ1v) is 12.6. The second-order valence-corrected chi connectivity index (χ2v) is 9.49. The molecule has 0 saturated heterocycles. The summed E-state index contributed by atoms with van der Waals surface area (Å²) in [4.78, 5) is 13.0. The fourth-order valence-corrected chi connectivity index (χ4v) is 4.56. The maximum atomic E-state index is 13.4. The van der Waals surface area contributed by atoms with Crippen LogP contribution in [0.3, 0.4) is 0 Å². The number of rotatable bonds is 12. The van der Waals surface area contributed by atoms with Gasteiger partial charge >= 0.3 is 12.1 Å². The Labute approximate surface area is 238 Å². The van der Waals surface area contributed by atoms with Crippen molar-refractivity contribution in [1.82, 2.24) is 4.90 Å². The van der Waals surface area contributed by atoms with Gasteiger partial charge in [0.25, 0.3) is 0 Å². The van der Waals surface area contributed by atoms with Crippen LogP contribution in [0.5, 0.6) is 5.75 Å². The minimum atomic E-state index is -4.53. The minimum Gasteiger partial charge on any atom is -0.498 e. The van der Waals surface area contributed by atoms with E-state index in [1.807, 2.05) is 24.3 Å². The first-order chi connectivity index (χ1) is 18.1. The molecule has 1 aliphatic rings. The number of carboxylic acids is 1. The standard InChI is InChI=1S/C29H31ClF3NO4.ClH/c1-20(22-10-12-24(37-2)13-11-22)18-34(19-23-7-4-9-26(28(23)30)29(31,32)33)14-5-15-38-25-8-3-6-21(16-25)17-27(35)36;/h3-4,6-13,17,20H,5,14-16,18-19H2,1-2H3,(H,35,36);1H. The predicted octanol–water partition coefficient (Wildman–Crippen LogP) is 7.66. The van der Waals surface area contributed by atoms with E-state index in [1.54, 1.807) is 31.4 Å². The summed E-state index contributed by atoms with van der Waals surface area (Å²) in [7, 11) is 1.60. The zero-order valence-corrected chi connectivity index (χ0v) is 23.3. The van der Waals surface area contributed by atoms with Crippen LogP contribution in [0.2, 0.25) is 5.02 Å². The van der Waals surface area contributed by atoms with E-state index < -0.39 is 17.7 Å². The van der Waals surface area contributed by atoms with Gasteiger partial charge in [0, 0.05) is 32.1 Å². The summed E-state index contributed by atoms with van der Waals surface area (Å²) in [5.74, 6) is 0.500. The minimum absolute atomic E-state index is 0. The highest BCUT2D eigenvalue weighted by Gasteiger charge is 2.34. The molecule has 1 unspecified atom stereocenters. The lowest BCUT2D eigenvalue weighted by atomic mass is 10.00. The van der Waals surface area contributed by atoms with Crippen molar-refractivity contribution in [1.29, 1.82) is 0 Å². The number of benzene rings is 2. The Morgan fingerprint density at radius 3 is 2.56 bits per heavy atom. The van der Waals surface area contributed by atoms with Gasteiger partial charge in [0.2, 0.25) is 0 Å². The van der Waals surface area contributed by atoms with Crippen LogP contribution < -0.4 is 4.74 Å². The third-order valence-corrected chi connectivity index (χ3v) is 6.63. The zero-order chi connectivity index (χ0) is 27.7. The van der Waals surface area contributed by atoms with Crippen molar-refractivity contribution < 1.29 is 32.5 Å². The number of carboxylic acid groups (broad SMARTS) is 1. The number of alkyl halides is 3. The summed E-state index contributed by atoms with van der Waals surface area (Å²) in [6, 6.07) is 11.7. The molecule has 1 atom stereocenters. The number of aliphatic carboxylic acids is 1. The van der Waals surface area contributed by atoms with Crippen molar-refractivity contribution in [2.45, 2.75) is 38.4 Å². The largest absolute Gasteiger partial charge is 0.498 e. The molecule has 10 heteroatoms. The molecule has 39 heavy (non-hydrogen) atoms. The van der Waals surface area contributed by atoms with Gasteiger partial charge in [0.05, 0.1) is 24.3 Å². The molecule has 0 aliphatic heterocycles. The van der Waals surface area contributed by atoms with Crippen LogP contribution in [-0.4, -0.2) is 42.8 Å².